The summed E-state index contributed by atoms with van der Waals surface area (Å²) in [5.74, 6) is 0.0596. The van der Waals surface area contributed by atoms with Gasteiger partial charge in [-0.05, 0) is 20.8 Å². The van der Waals surface area contributed by atoms with Crippen LogP contribution >= 0.6 is 12.4 Å². The molecule has 1 amide bonds. The Morgan fingerprint density at radius 1 is 1.36 bits per heavy atom. The summed E-state index contributed by atoms with van der Waals surface area (Å²) in [5.41, 5.74) is 5.71. The average Bonchev–Trinajstić information content (AvgIpc) is 1.98. The van der Waals surface area contributed by atoms with Gasteiger partial charge in [-0.2, -0.15) is 0 Å². The highest BCUT2D eigenvalue weighted by Crippen LogP contribution is 2.46. The number of hydrogen-bond acceptors (Lipinski definition) is 2. The number of rotatable bonds is 1. The number of amides is 1. The van der Waals surface area contributed by atoms with Gasteiger partial charge in [0.25, 0.3) is 0 Å². The van der Waals surface area contributed by atoms with Crippen molar-refractivity contribution in [2.75, 3.05) is 6.54 Å². The van der Waals surface area contributed by atoms with Crippen molar-refractivity contribution in [3.8, 4) is 0 Å². The highest BCUT2D eigenvalue weighted by Gasteiger charge is 2.54. The van der Waals surface area contributed by atoms with E-state index in [1.165, 1.54) is 0 Å². The minimum Gasteiger partial charge on any atom is -0.335 e. The molecule has 0 aromatic heterocycles. The second-order valence-electron chi connectivity index (χ2n) is 5.16. The highest BCUT2D eigenvalue weighted by atomic mass is 35.5. The van der Waals surface area contributed by atoms with Crippen LogP contribution in [-0.4, -0.2) is 28.9 Å². The van der Waals surface area contributed by atoms with Crippen LogP contribution in [0.15, 0.2) is 0 Å². The third-order valence-corrected chi connectivity index (χ3v) is 3.54. The summed E-state index contributed by atoms with van der Waals surface area (Å²) >= 11 is 0. The second-order valence-corrected chi connectivity index (χ2v) is 5.16. The van der Waals surface area contributed by atoms with E-state index in [2.05, 4.69) is 27.7 Å². The van der Waals surface area contributed by atoms with Crippen LogP contribution in [0.1, 0.15) is 34.6 Å². The predicted molar refractivity (Wildman–Crippen MR) is 60.5 cm³/mol. The average molecular weight is 221 g/mol. The van der Waals surface area contributed by atoms with Gasteiger partial charge in [0.05, 0.1) is 6.04 Å². The van der Waals surface area contributed by atoms with Gasteiger partial charge in [-0.15, -0.1) is 12.4 Å². The summed E-state index contributed by atoms with van der Waals surface area (Å²) < 4.78 is 0. The Morgan fingerprint density at radius 3 is 2.00 bits per heavy atom. The highest BCUT2D eigenvalue weighted by molar-refractivity contribution is 5.85. The molecule has 4 heteroatoms. The zero-order chi connectivity index (χ0) is 10.4. The molecule has 1 aliphatic rings. The molecule has 1 rings (SSSR count). The zero-order valence-electron chi connectivity index (χ0n) is 9.63. The van der Waals surface area contributed by atoms with Crippen LogP contribution in [0.3, 0.4) is 0 Å². The van der Waals surface area contributed by atoms with E-state index in [9.17, 15) is 4.79 Å². The van der Waals surface area contributed by atoms with Crippen LogP contribution in [0.5, 0.6) is 0 Å². The Balaban J connectivity index is 0.00000169. The van der Waals surface area contributed by atoms with Crippen LogP contribution in [0, 0.1) is 5.41 Å². The maximum absolute atomic E-state index is 11.6. The van der Waals surface area contributed by atoms with Gasteiger partial charge in [-0.3, -0.25) is 4.79 Å². The number of likely N-dealkylation sites (tertiary alicyclic amines) is 1. The van der Waals surface area contributed by atoms with Crippen LogP contribution in [0.2, 0.25) is 0 Å². The first-order valence-corrected chi connectivity index (χ1v) is 4.77. The monoisotopic (exact) mass is 220 g/mol. The molecule has 84 valence electrons. The van der Waals surface area contributed by atoms with Gasteiger partial charge in [0, 0.05) is 17.5 Å². The quantitative estimate of drug-likeness (QED) is 0.726. The van der Waals surface area contributed by atoms with Crippen molar-refractivity contribution >= 4 is 18.3 Å². The van der Waals surface area contributed by atoms with Gasteiger partial charge in [-0.1, -0.05) is 13.8 Å². The molecule has 1 unspecified atom stereocenters. The van der Waals surface area contributed by atoms with Crippen LogP contribution in [0.25, 0.3) is 0 Å². The topological polar surface area (TPSA) is 46.3 Å². The van der Waals surface area contributed by atoms with Crippen molar-refractivity contribution in [3.63, 3.8) is 0 Å². The molecule has 2 N–H and O–H groups in total. The van der Waals surface area contributed by atoms with E-state index in [1.54, 1.807) is 6.92 Å². The number of hydrogen-bond donors (Lipinski definition) is 1. The molecule has 0 radical (unpaired) electrons. The van der Waals surface area contributed by atoms with Crippen LogP contribution in [-0.2, 0) is 4.79 Å². The normalized spacial score (nSPS) is 24.6. The molecule has 1 fully saturated rings. The van der Waals surface area contributed by atoms with Gasteiger partial charge in [0.2, 0.25) is 5.91 Å². The number of nitrogens with two attached hydrogens (primary N) is 1. The number of carbonyl (C=O) groups excluding carboxylic acids is 1. The smallest absolute Gasteiger partial charge is 0.239 e. The van der Waals surface area contributed by atoms with Crippen LogP contribution in [0.4, 0.5) is 0 Å². The van der Waals surface area contributed by atoms with Gasteiger partial charge in [-0.25, -0.2) is 0 Å². The lowest BCUT2D eigenvalue weighted by atomic mass is 9.65. The molecule has 1 saturated heterocycles. The van der Waals surface area contributed by atoms with E-state index in [0.29, 0.717) is 0 Å². The van der Waals surface area contributed by atoms with E-state index in [0.717, 1.165) is 6.54 Å². The Kier molecular flexibility index (Phi) is 3.63. The molecule has 0 spiro atoms. The lowest BCUT2D eigenvalue weighted by molar-refractivity contribution is -0.168. The minimum absolute atomic E-state index is 0. The van der Waals surface area contributed by atoms with Crippen molar-refractivity contribution < 1.29 is 4.79 Å². The molecular weight excluding hydrogens is 200 g/mol. The molecule has 1 atom stereocenters. The predicted octanol–water partition coefficient (Wildman–Crippen LogP) is 1.40. The fraction of sp³-hybridized carbons (Fsp3) is 0.900. The maximum atomic E-state index is 11.6. The fourth-order valence-corrected chi connectivity index (χ4v) is 1.66. The number of nitrogens with zero attached hydrogens (tertiary/aromatic N) is 1. The molecule has 0 aromatic carbocycles. The fourth-order valence-electron chi connectivity index (χ4n) is 1.66. The third kappa shape index (κ3) is 1.75. The minimum atomic E-state index is -0.379. The maximum Gasteiger partial charge on any atom is 0.239 e. The molecule has 0 bridgehead atoms. The first-order valence-electron chi connectivity index (χ1n) is 4.77. The Hall–Kier alpha value is -0.280. The first-order chi connectivity index (χ1) is 5.70. The van der Waals surface area contributed by atoms with Gasteiger partial charge in [0.1, 0.15) is 0 Å². The van der Waals surface area contributed by atoms with E-state index in [1.807, 2.05) is 4.90 Å². The molecule has 0 aromatic rings. The lowest BCUT2D eigenvalue weighted by Gasteiger charge is -2.61. The summed E-state index contributed by atoms with van der Waals surface area (Å²) in [4.78, 5) is 13.5. The molecule has 0 aliphatic carbocycles. The summed E-state index contributed by atoms with van der Waals surface area (Å²) in [6.45, 7) is 11.1. The summed E-state index contributed by atoms with van der Waals surface area (Å²) in [6, 6.07) is -0.379. The van der Waals surface area contributed by atoms with Crippen LogP contribution < -0.4 is 5.73 Å². The molecule has 1 heterocycles. The Morgan fingerprint density at radius 2 is 1.79 bits per heavy atom. The Labute approximate surface area is 92.4 Å². The van der Waals surface area contributed by atoms with Crippen molar-refractivity contribution in [1.29, 1.82) is 0 Å². The standard InChI is InChI=1S/C10H20N2O.ClH/c1-7(11)8(13)12-6-9(2,3)10(12,4)5;/h7H,6,11H2,1-5H3;1H. The second kappa shape index (κ2) is 3.70. The lowest BCUT2D eigenvalue weighted by Crippen LogP contribution is -2.72. The van der Waals surface area contributed by atoms with Gasteiger partial charge < -0.3 is 10.6 Å². The van der Waals surface area contributed by atoms with E-state index >= 15 is 0 Å². The first kappa shape index (κ1) is 13.7. The van der Waals surface area contributed by atoms with Crippen molar-refractivity contribution in [3.05, 3.63) is 0 Å². The van der Waals surface area contributed by atoms with Crippen molar-refractivity contribution in [1.82, 2.24) is 4.90 Å². The van der Waals surface area contributed by atoms with Crippen molar-refractivity contribution in [2.45, 2.75) is 46.2 Å². The van der Waals surface area contributed by atoms with E-state index in [4.69, 9.17) is 5.73 Å². The molecule has 14 heavy (non-hydrogen) atoms. The molecule has 1 aliphatic heterocycles. The number of carbonyl (C=O) groups is 1. The molecule has 0 saturated carbocycles. The Bertz CT molecular complexity index is 236. The zero-order valence-corrected chi connectivity index (χ0v) is 10.4. The summed E-state index contributed by atoms with van der Waals surface area (Å²) in [7, 11) is 0. The third-order valence-electron chi connectivity index (χ3n) is 3.54. The van der Waals surface area contributed by atoms with Crippen molar-refractivity contribution in [2.24, 2.45) is 11.1 Å². The summed E-state index contributed by atoms with van der Waals surface area (Å²) in [5, 5.41) is 0. The van der Waals surface area contributed by atoms with Gasteiger partial charge >= 0.3 is 0 Å². The molecule has 3 nitrogen and oxygen atoms in total. The summed E-state index contributed by atoms with van der Waals surface area (Å²) in [6.07, 6.45) is 0. The largest absolute Gasteiger partial charge is 0.335 e. The van der Waals surface area contributed by atoms with E-state index < -0.39 is 0 Å². The number of halogens is 1. The molecular formula is C10H21ClN2O. The van der Waals surface area contributed by atoms with E-state index in [-0.39, 0.29) is 35.3 Å². The van der Waals surface area contributed by atoms with Gasteiger partial charge in [0.15, 0.2) is 0 Å². The SMILES string of the molecule is CC(N)C(=O)N1CC(C)(C)C1(C)C.Cl.